The molecule has 0 amide bonds. The van der Waals surface area contributed by atoms with Crippen LogP contribution in [0.4, 0.5) is 8.78 Å². The summed E-state index contributed by atoms with van der Waals surface area (Å²) < 4.78 is 36.4. The summed E-state index contributed by atoms with van der Waals surface area (Å²) in [6.07, 6.45) is 2.17. The number of hydrogen-bond donors (Lipinski definition) is 1. The third-order valence-corrected chi connectivity index (χ3v) is 5.02. The Labute approximate surface area is 159 Å². The Kier molecular flexibility index (Phi) is 7.60. The van der Waals surface area contributed by atoms with Crippen molar-refractivity contribution < 1.29 is 18.3 Å². The zero-order chi connectivity index (χ0) is 18.9. The third-order valence-electron chi connectivity index (χ3n) is 5.02. The first-order valence-corrected chi connectivity index (χ1v) is 9.60. The van der Waals surface area contributed by atoms with Gasteiger partial charge < -0.3 is 14.8 Å². The summed E-state index contributed by atoms with van der Waals surface area (Å²) in [5.74, 6) is 1.27. The Balaban J connectivity index is 1.77. The molecule has 1 unspecified atom stereocenters. The van der Waals surface area contributed by atoms with Crippen LogP contribution in [-0.2, 0) is 4.74 Å². The minimum absolute atomic E-state index is 0.103. The topological polar surface area (TPSA) is 30.5 Å². The van der Waals surface area contributed by atoms with E-state index in [-0.39, 0.29) is 18.3 Å². The molecule has 0 saturated carbocycles. The van der Waals surface area contributed by atoms with E-state index in [0.29, 0.717) is 19.1 Å². The van der Waals surface area contributed by atoms with E-state index in [1.807, 2.05) is 24.3 Å². The molecule has 27 heavy (non-hydrogen) atoms. The Bertz CT molecular complexity index is 687. The normalized spacial score (nSPS) is 16.2. The van der Waals surface area contributed by atoms with Crippen LogP contribution in [0, 0.1) is 11.7 Å². The Hall–Kier alpha value is -1.98. The fourth-order valence-corrected chi connectivity index (χ4v) is 3.76. The van der Waals surface area contributed by atoms with Crippen molar-refractivity contribution in [1.82, 2.24) is 5.32 Å². The maximum absolute atomic E-state index is 13.4. The van der Waals surface area contributed by atoms with Crippen molar-refractivity contribution in [2.45, 2.75) is 18.8 Å². The zero-order valence-corrected chi connectivity index (χ0v) is 15.5. The minimum Gasteiger partial charge on any atom is -0.491 e. The summed E-state index contributed by atoms with van der Waals surface area (Å²) in [6, 6.07) is 14.9. The second kappa shape index (κ2) is 10.4. The highest BCUT2D eigenvalue weighted by Gasteiger charge is 2.26. The minimum atomic E-state index is -0.481. The van der Waals surface area contributed by atoms with Crippen LogP contribution in [-0.4, -0.2) is 39.6 Å². The lowest BCUT2D eigenvalue weighted by atomic mass is 9.76. The van der Waals surface area contributed by atoms with Gasteiger partial charge in [-0.1, -0.05) is 24.3 Å². The van der Waals surface area contributed by atoms with Gasteiger partial charge in [-0.3, -0.25) is 0 Å². The molecule has 3 rings (SSSR count). The summed E-state index contributed by atoms with van der Waals surface area (Å²) in [5, 5.41) is 3.41. The molecule has 1 aliphatic rings. The zero-order valence-electron chi connectivity index (χ0n) is 15.5. The average molecular weight is 375 g/mol. The fourth-order valence-electron chi connectivity index (χ4n) is 3.76. The quantitative estimate of drug-likeness (QED) is 0.662. The van der Waals surface area contributed by atoms with Crippen LogP contribution in [0.1, 0.15) is 29.9 Å². The highest BCUT2D eigenvalue weighted by Crippen LogP contribution is 2.38. The van der Waals surface area contributed by atoms with Gasteiger partial charge in [0.15, 0.2) is 0 Å². The van der Waals surface area contributed by atoms with Crippen LogP contribution in [0.15, 0.2) is 48.5 Å². The van der Waals surface area contributed by atoms with Crippen LogP contribution in [0.25, 0.3) is 0 Å². The van der Waals surface area contributed by atoms with Crippen LogP contribution < -0.4 is 10.1 Å². The summed E-state index contributed by atoms with van der Waals surface area (Å²) >= 11 is 0. The third kappa shape index (κ3) is 5.75. The molecule has 5 heteroatoms. The molecular weight excluding hydrogens is 348 g/mol. The molecule has 0 aromatic heterocycles. The van der Waals surface area contributed by atoms with Gasteiger partial charge in [-0.25, -0.2) is 8.78 Å². The van der Waals surface area contributed by atoms with E-state index in [1.54, 1.807) is 0 Å². The van der Waals surface area contributed by atoms with Crippen molar-refractivity contribution in [2.24, 2.45) is 5.92 Å². The number of nitrogens with one attached hydrogen (secondary N) is 1. The van der Waals surface area contributed by atoms with Gasteiger partial charge in [-0.05, 0) is 67.2 Å². The maximum atomic E-state index is 13.4. The van der Waals surface area contributed by atoms with E-state index < -0.39 is 6.67 Å². The lowest BCUT2D eigenvalue weighted by Gasteiger charge is -2.31. The Morgan fingerprint density at radius 1 is 0.963 bits per heavy atom. The highest BCUT2D eigenvalue weighted by atomic mass is 19.1. The number of alkyl halides is 1. The number of ether oxygens (including phenoxy) is 2. The van der Waals surface area contributed by atoms with Crippen LogP contribution in [0.3, 0.4) is 0 Å². The summed E-state index contributed by atoms with van der Waals surface area (Å²) in [4.78, 5) is 0. The van der Waals surface area contributed by atoms with Crippen LogP contribution in [0.5, 0.6) is 5.75 Å². The van der Waals surface area contributed by atoms with E-state index >= 15 is 0 Å². The number of halogens is 2. The van der Waals surface area contributed by atoms with E-state index in [0.717, 1.165) is 37.2 Å². The average Bonchev–Trinajstić information content (AvgIpc) is 2.71. The standard InChI is InChI=1S/C22H27F2NO2/c23-10-13-26-14-15-27-21-3-1-2-19(16-21)22(18-8-11-25-12-9-18)17-4-6-20(24)7-5-17/h1-7,16,18,22,25H,8-15H2. The SMILES string of the molecule is FCCOCCOc1cccc(C(c2ccc(F)cc2)C2CCNCC2)c1. The predicted octanol–water partition coefficient (Wildman–Crippen LogP) is 4.32. The van der Waals surface area contributed by atoms with Gasteiger partial charge >= 0.3 is 0 Å². The van der Waals surface area contributed by atoms with Crippen molar-refractivity contribution in [3.8, 4) is 5.75 Å². The molecule has 2 aromatic carbocycles. The van der Waals surface area contributed by atoms with E-state index in [2.05, 4.69) is 17.4 Å². The molecule has 146 valence electrons. The molecule has 1 fully saturated rings. The monoisotopic (exact) mass is 375 g/mol. The van der Waals surface area contributed by atoms with Gasteiger partial charge in [0, 0.05) is 5.92 Å². The lowest BCUT2D eigenvalue weighted by molar-refractivity contribution is 0.0897. The molecule has 1 aliphatic heterocycles. The van der Waals surface area contributed by atoms with E-state index in [4.69, 9.17) is 9.47 Å². The van der Waals surface area contributed by atoms with Crippen molar-refractivity contribution in [2.75, 3.05) is 39.6 Å². The number of rotatable bonds is 9. The molecular formula is C22H27F2NO2. The molecule has 1 N–H and O–H groups in total. The van der Waals surface area contributed by atoms with Crippen molar-refractivity contribution >= 4 is 0 Å². The smallest absolute Gasteiger partial charge is 0.123 e. The van der Waals surface area contributed by atoms with Gasteiger partial charge in [-0.15, -0.1) is 0 Å². The second-order valence-electron chi connectivity index (χ2n) is 6.84. The van der Waals surface area contributed by atoms with Gasteiger partial charge in [0.05, 0.1) is 13.2 Å². The largest absolute Gasteiger partial charge is 0.491 e. The van der Waals surface area contributed by atoms with Gasteiger partial charge in [0.25, 0.3) is 0 Å². The first kappa shape index (κ1) is 19.8. The number of hydrogen-bond acceptors (Lipinski definition) is 3. The highest BCUT2D eigenvalue weighted by molar-refractivity contribution is 5.38. The summed E-state index contributed by atoms with van der Waals surface area (Å²) in [7, 11) is 0. The van der Waals surface area contributed by atoms with E-state index in [1.165, 1.54) is 17.7 Å². The van der Waals surface area contributed by atoms with Gasteiger partial charge in [0.1, 0.15) is 24.8 Å². The number of benzene rings is 2. The molecule has 1 saturated heterocycles. The summed E-state index contributed by atoms with van der Waals surface area (Å²) in [6.45, 7) is 2.38. The molecule has 1 atom stereocenters. The molecule has 1 heterocycles. The first-order chi connectivity index (χ1) is 13.3. The first-order valence-electron chi connectivity index (χ1n) is 9.60. The van der Waals surface area contributed by atoms with Crippen molar-refractivity contribution in [3.05, 3.63) is 65.5 Å². The Morgan fingerprint density at radius 2 is 1.74 bits per heavy atom. The van der Waals surface area contributed by atoms with Crippen molar-refractivity contribution in [1.29, 1.82) is 0 Å². The molecule has 2 aromatic rings. The molecule has 0 bridgehead atoms. The van der Waals surface area contributed by atoms with Gasteiger partial charge in [0.2, 0.25) is 0 Å². The van der Waals surface area contributed by atoms with Crippen LogP contribution in [0.2, 0.25) is 0 Å². The molecule has 0 radical (unpaired) electrons. The summed E-state index contributed by atoms with van der Waals surface area (Å²) in [5.41, 5.74) is 2.31. The second-order valence-corrected chi connectivity index (χ2v) is 6.84. The predicted molar refractivity (Wildman–Crippen MR) is 103 cm³/mol. The maximum Gasteiger partial charge on any atom is 0.123 e. The molecule has 0 spiro atoms. The Morgan fingerprint density at radius 3 is 2.48 bits per heavy atom. The van der Waals surface area contributed by atoms with Gasteiger partial charge in [-0.2, -0.15) is 0 Å². The molecule has 3 nitrogen and oxygen atoms in total. The van der Waals surface area contributed by atoms with Crippen LogP contribution >= 0.6 is 0 Å². The van der Waals surface area contributed by atoms with Crippen molar-refractivity contribution in [3.63, 3.8) is 0 Å². The fraction of sp³-hybridized carbons (Fsp3) is 0.455. The van der Waals surface area contributed by atoms with E-state index in [9.17, 15) is 8.78 Å². The molecule has 0 aliphatic carbocycles. The lowest BCUT2D eigenvalue weighted by Crippen LogP contribution is -2.31. The number of piperidine rings is 1.